The van der Waals surface area contributed by atoms with Gasteiger partial charge in [-0.2, -0.15) is 5.10 Å². The molecule has 0 saturated heterocycles. The van der Waals surface area contributed by atoms with E-state index in [9.17, 15) is 14.0 Å². The van der Waals surface area contributed by atoms with Crippen LogP contribution in [-0.2, 0) is 4.79 Å². The van der Waals surface area contributed by atoms with Gasteiger partial charge in [0.25, 0.3) is 11.8 Å². The van der Waals surface area contributed by atoms with Crippen LogP contribution in [0.1, 0.15) is 33.3 Å². The van der Waals surface area contributed by atoms with Gasteiger partial charge < -0.3 is 9.64 Å². The van der Waals surface area contributed by atoms with Gasteiger partial charge in [0.05, 0.1) is 23.7 Å². The number of likely N-dealkylation sites (N-methyl/N-ethyl adjacent to an activating group) is 1. The smallest absolute Gasteiger partial charge is 0.264 e. The first-order valence-corrected chi connectivity index (χ1v) is 10.9. The Kier molecular flexibility index (Phi) is 6.32. The van der Waals surface area contributed by atoms with Crippen LogP contribution in [0, 0.1) is 5.82 Å². The van der Waals surface area contributed by atoms with Crippen LogP contribution in [-0.4, -0.2) is 48.1 Å². The van der Waals surface area contributed by atoms with Crippen molar-refractivity contribution >= 4 is 28.9 Å². The van der Waals surface area contributed by atoms with Crippen LogP contribution < -0.4 is 4.74 Å². The highest BCUT2D eigenvalue weighted by Crippen LogP contribution is 2.37. The number of hydrazone groups is 1. The number of para-hydroxylation sites is 1. The Hall–Kier alpha value is -3.52. The van der Waals surface area contributed by atoms with Gasteiger partial charge >= 0.3 is 0 Å². The molecular formula is C24H22FN3O3S. The van der Waals surface area contributed by atoms with E-state index in [-0.39, 0.29) is 18.4 Å². The molecule has 0 fully saturated rings. The molecule has 1 aliphatic heterocycles. The first-order chi connectivity index (χ1) is 15.5. The predicted octanol–water partition coefficient (Wildman–Crippen LogP) is 4.35. The first-order valence-electron chi connectivity index (χ1n) is 10.1. The standard InChI is InChI=1S/C24H22FN3O3S/c1-27(24(30)22-12-7-13-32-22)15-23(29)28-20(17-9-4-6-11-21(17)31-2)14-19(26-28)16-8-3-5-10-18(16)25/h3-13,20H,14-15H2,1-2H3/t20-/m0/s1. The zero-order valence-corrected chi connectivity index (χ0v) is 18.5. The number of hydrogen-bond donors (Lipinski definition) is 0. The number of carbonyl (C=O) groups is 2. The quantitative estimate of drug-likeness (QED) is 0.560. The largest absolute Gasteiger partial charge is 0.496 e. The van der Waals surface area contributed by atoms with Crippen LogP contribution in [0.4, 0.5) is 4.39 Å². The summed E-state index contributed by atoms with van der Waals surface area (Å²) < 4.78 is 19.9. The molecule has 2 amide bonds. The molecule has 8 heteroatoms. The minimum Gasteiger partial charge on any atom is -0.496 e. The molecule has 0 aliphatic carbocycles. The van der Waals surface area contributed by atoms with Crippen molar-refractivity contribution in [2.75, 3.05) is 20.7 Å². The normalized spacial score (nSPS) is 15.4. The van der Waals surface area contributed by atoms with E-state index in [0.29, 0.717) is 28.3 Å². The third-order valence-electron chi connectivity index (χ3n) is 5.30. The SMILES string of the molecule is COc1ccccc1[C@@H]1CC(c2ccccc2F)=NN1C(=O)CN(C)C(=O)c1cccs1. The second-order valence-corrected chi connectivity index (χ2v) is 8.31. The van der Waals surface area contributed by atoms with Crippen LogP contribution in [0.15, 0.2) is 71.1 Å². The van der Waals surface area contributed by atoms with Crippen LogP contribution in [0.25, 0.3) is 0 Å². The summed E-state index contributed by atoms with van der Waals surface area (Å²) in [5.41, 5.74) is 1.59. The zero-order valence-electron chi connectivity index (χ0n) is 17.7. The fourth-order valence-electron chi connectivity index (χ4n) is 3.72. The Labute approximate surface area is 189 Å². The van der Waals surface area contributed by atoms with Crippen molar-refractivity contribution in [3.63, 3.8) is 0 Å². The van der Waals surface area contributed by atoms with Gasteiger partial charge in [0, 0.05) is 24.6 Å². The molecule has 0 spiro atoms. The van der Waals surface area contributed by atoms with Gasteiger partial charge in [0.2, 0.25) is 0 Å². The first kappa shape index (κ1) is 21.7. The fourth-order valence-corrected chi connectivity index (χ4v) is 4.44. The number of hydrogen-bond acceptors (Lipinski definition) is 5. The zero-order chi connectivity index (χ0) is 22.7. The number of carbonyl (C=O) groups excluding carboxylic acids is 2. The highest BCUT2D eigenvalue weighted by molar-refractivity contribution is 7.12. The van der Waals surface area contributed by atoms with Crippen LogP contribution in [0.5, 0.6) is 5.75 Å². The molecule has 1 aromatic heterocycles. The molecule has 0 saturated carbocycles. The second kappa shape index (κ2) is 9.32. The van der Waals surface area contributed by atoms with Crippen molar-refractivity contribution in [1.29, 1.82) is 0 Å². The Bertz CT molecular complexity index is 1160. The molecule has 6 nitrogen and oxygen atoms in total. The third-order valence-corrected chi connectivity index (χ3v) is 6.16. The van der Waals surface area contributed by atoms with E-state index in [1.54, 1.807) is 44.5 Å². The van der Waals surface area contributed by atoms with Crippen LogP contribution >= 0.6 is 11.3 Å². The number of amides is 2. The summed E-state index contributed by atoms with van der Waals surface area (Å²) in [4.78, 5) is 27.8. The fraction of sp³-hybridized carbons (Fsp3) is 0.208. The molecule has 164 valence electrons. The van der Waals surface area contributed by atoms with Gasteiger partial charge in [-0.3, -0.25) is 9.59 Å². The van der Waals surface area contributed by atoms with E-state index >= 15 is 0 Å². The number of thiophene rings is 1. The molecule has 2 aromatic carbocycles. The van der Waals surface area contributed by atoms with Gasteiger partial charge in [-0.25, -0.2) is 9.40 Å². The maximum absolute atomic E-state index is 14.5. The molecule has 3 aromatic rings. The second-order valence-electron chi connectivity index (χ2n) is 7.37. The van der Waals surface area contributed by atoms with Crippen molar-refractivity contribution in [2.45, 2.75) is 12.5 Å². The van der Waals surface area contributed by atoms with Gasteiger partial charge in [-0.1, -0.05) is 42.5 Å². The van der Waals surface area contributed by atoms with Crippen LogP contribution in [0.3, 0.4) is 0 Å². The summed E-state index contributed by atoms with van der Waals surface area (Å²) in [6.07, 6.45) is 0.329. The number of methoxy groups -OCH3 is 1. The molecule has 32 heavy (non-hydrogen) atoms. The Morgan fingerprint density at radius 2 is 1.91 bits per heavy atom. The minimum absolute atomic E-state index is 0.156. The average Bonchev–Trinajstić information content (AvgIpc) is 3.49. The molecule has 0 bridgehead atoms. The van der Waals surface area contributed by atoms with Gasteiger partial charge in [-0.05, 0) is 23.6 Å². The van der Waals surface area contributed by atoms with E-state index in [4.69, 9.17) is 4.74 Å². The molecule has 1 atom stereocenters. The van der Waals surface area contributed by atoms with E-state index in [1.165, 1.54) is 27.3 Å². The van der Waals surface area contributed by atoms with Gasteiger partial charge in [0.15, 0.2) is 0 Å². The summed E-state index contributed by atoms with van der Waals surface area (Å²) in [5.74, 6) is -0.382. The topological polar surface area (TPSA) is 62.2 Å². The average molecular weight is 452 g/mol. The molecule has 1 aliphatic rings. The Morgan fingerprint density at radius 1 is 1.16 bits per heavy atom. The maximum Gasteiger partial charge on any atom is 0.264 e. The minimum atomic E-state index is -0.474. The Morgan fingerprint density at radius 3 is 2.62 bits per heavy atom. The number of nitrogens with zero attached hydrogens (tertiary/aromatic N) is 3. The van der Waals surface area contributed by atoms with Crippen molar-refractivity contribution in [1.82, 2.24) is 9.91 Å². The number of halogens is 1. The third kappa shape index (κ3) is 4.27. The molecule has 4 rings (SSSR count). The number of benzene rings is 2. The number of ether oxygens (including phenoxy) is 1. The highest BCUT2D eigenvalue weighted by atomic mass is 32.1. The Balaban J connectivity index is 1.65. The number of rotatable bonds is 6. The van der Waals surface area contributed by atoms with Crippen molar-refractivity contribution in [3.8, 4) is 5.75 Å². The monoisotopic (exact) mass is 451 g/mol. The summed E-state index contributed by atoms with van der Waals surface area (Å²) in [5, 5.41) is 7.65. The van der Waals surface area contributed by atoms with E-state index < -0.39 is 11.9 Å². The van der Waals surface area contributed by atoms with Gasteiger partial charge in [0.1, 0.15) is 18.1 Å². The van der Waals surface area contributed by atoms with Crippen molar-refractivity contribution < 1.29 is 18.7 Å². The molecule has 2 heterocycles. The lowest BCUT2D eigenvalue weighted by molar-refractivity contribution is -0.133. The predicted molar refractivity (Wildman–Crippen MR) is 121 cm³/mol. The summed E-state index contributed by atoms with van der Waals surface area (Å²) in [7, 11) is 3.14. The van der Waals surface area contributed by atoms with E-state index in [0.717, 1.165) is 5.56 Å². The molecule has 0 N–H and O–H groups in total. The maximum atomic E-state index is 14.5. The van der Waals surface area contributed by atoms with E-state index in [1.807, 2.05) is 29.6 Å². The van der Waals surface area contributed by atoms with Crippen molar-refractivity contribution in [3.05, 3.63) is 87.9 Å². The summed E-state index contributed by atoms with van der Waals surface area (Å²) in [6.45, 7) is -0.156. The van der Waals surface area contributed by atoms with Crippen LogP contribution in [0.2, 0.25) is 0 Å². The van der Waals surface area contributed by atoms with E-state index in [2.05, 4.69) is 5.10 Å². The lowest BCUT2D eigenvalue weighted by Gasteiger charge is -2.25. The highest BCUT2D eigenvalue weighted by Gasteiger charge is 2.36. The van der Waals surface area contributed by atoms with Gasteiger partial charge in [-0.15, -0.1) is 11.3 Å². The summed E-state index contributed by atoms with van der Waals surface area (Å²) in [6, 6.07) is 16.8. The lowest BCUT2D eigenvalue weighted by atomic mass is 9.97. The van der Waals surface area contributed by atoms with Crippen molar-refractivity contribution in [2.24, 2.45) is 5.10 Å². The molecule has 0 radical (unpaired) electrons. The molecular weight excluding hydrogens is 429 g/mol. The summed E-state index contributed by atoms with van der Waals surface area (Å²) >= 11 is 1.32. The lowest BCUT2D eigenvalue weighted by Crippen LogP contribution is -2.39. The molecule has 0 unspecified atom stereocenters.